The number of nitrogens with one attached hydrogen (secondary N) is 1. The number of nitrogens with zero attached hydrogens (tertiary/aromatic N) is 2. The Morgan fingerprint density at radius 3 is 2.75 bits per heavy atom. The lowest BCUT2D eigenvalue weighted by Gasteiger charge is -2.16. The SMILES string of the molecule is COC(=O)[C@H](NC(=O)Cc1csc(-c2ncc(Br)cc2O)n1)c1ccccc1. The van der Waals surface area contributed by atoms with Crippen LogP contribution in [0, 0.1) is 0 Å². The molecule has 0 spiro atoms. The average molecular weight is 462 g/mol. The predicted molar refractivity (Wildman–Crippen MR) is 108 cm³/mol. The number of rotatable bonds is 6. The summed E-state index contributed by atoms with van der Waals surface area (Å²) in [5.74, 6) is -0.929. The molecule has 2 aromatic heterocycles. The van der Waals surface area contributed by atoms with E-state index in [4.69, 9.17) is 4.74 Å². The fourth-order valence-corrected chi connectivity index (χ4v) is 3.65. The molecule has 0 aliphatic rings. The van der Waals surface area contributed by atoms with Crippen molar-refractivity contribution in [1.82, 2.24) is 15.3 Å². The van der Waals surface area contributed by atoms with Gasteiger partial charge in [0.05, 0.1) is 19.2 Å². The summed E-state index contributed by atoms with van der Waals surface area (Å²) in [6.07, 6.45) is 1.54. The second kappa shape index (κ2) is 8.94. The molecule has 3 aromatic rings. The first-order chi connectivity index (χ1) is 13.5. The number of methoxy groups -OCH3 is 1. The van der Waals surface area contributed by atoms with Gasteiger partial charge < -0.3 is 15.2 Å². The number of amides is 1. The van der Waals surface area contributed by atoms with Gasteiger partial charge in [0, 0.05) is 16.0 Å². The fraction of sp³-hybridized carbons (Fsp3) is 0.158. The highest BCUT2D eigenvalue weighted by molar-refractivity contribution is 9.10. The Balaban J connectivity index is 1.72. The van der Waals surface area contributed by atoms with Crippen molar-refractivity contribution in [2.75, 3.05) is 7.11 Å². The van der Waals surface area contributed by atoms with Crippen LogP contribution >= 0.6 is 27.3 Å². The largest absolute Gasteiger partial charge is 0.506 e. The molecule has 3 rings (SSSR count). The van der Waals surface area contributed by atoms with Crippen molar-refractivity contribution in [3.05, 3.63) is 63.7 Å². The van der Waals surface area contributed by atoms with Crippen molar-refractivity contribution in [1.29, 1.82) is 0 Å². The van der Waals surface area contributed by atoms with E-state index >= 15 is 0 Å². The van der Waals surface area contributed by atoms with Crippen molar-refractivity contribution in [2.24, 2.45) is 0 Å². The standard InChI is InChI=1S/C19H16BrN3O4S/c1-27-19(26)16(11-5-3-2-4-6-11)23-15(25)8-13-10-28-18(22-13)17-14(24)7-12(20)9-21-17/h2-7,9-10,16,24H,8H2,1H3,(H,23,25)/t16-/m1/s1. The van der Waals surface area contributed by atoms with Crippen molar-refractivity contribution in [3.63, 3.8) is 0 Å². The van der Waals surface area contributed by atoms with Gasteiger partial charge in [0.2, 0.25) is 5.91 Å². The van der Waals surface area contributed by atoms with Crippen LogP contribution < -0.4 is 5.32 Å². The molecule has 0 bridgehead atoms. The van der Waals surface area contributed by atoms with E-state index in [9.17, 15) is 14.7 Å². The summed E-state index contributed by atoms with van der Waals surface area (Å²) in [5.41, 5.74) is 1.49. The highest BCUT2D eigenvalue weighted by Crippen LogP contribution is 2.31. The van der Waals surface area contributed by atoms with E-state index in [1.165, 1.54) is 24.5 Å². The summed E-state index contributed by atoms with van der Waals surface area (Å²) in [4.78, 5) is 33.0. The Morgan fingerprint density at radius 1 is 1.32 bits per heavy atom. The number of hydrogen-bond donors (Lipinski definition) is 2. The minimum Gasteiger partial charge on any atom is -0.506 e. The van der Waals surface area contributed by atoms with Crippen LogP contribution in [-0.4, -0.2) is 34.1 Å². The van der Waals surface area contributed by atoms with Crippen molar-refractivity contribution < 1.29 is 19.4 Å². The zero-order valence-corrected chi connectivity index (χ0v) is 17.2. The van der Waals surface area contributed by atoms with E-state index in [0.29, 0.717) is 26.4 Å². The van der Waals surface area contributed by atoms with Crippen LogP contribution in [0.5, 0.6) is 5.75 Å². The molecule has 0 aliphatic carbocycles. The van der Waals surface area contributed by atoms with Gasteiger partial charge >= 0.3 is 5.97 Å². The number of thiazole rings is 1. The third-order valence-electron chi connectivity index (χ3n) is 3.81. The van der Waals surface area contributed by atoms with Gasteiger partial charge in [-0.2, -0.15) is 0 Å². The minimum atomic E-state index is -0.894. The van der Waals surface area contributed by atoms with Gasteiger partial charge in [-0.15, -0.1) is 11.3 Å². The Hall–Kier alpha value is -2.78. The number of esters is 1. The van der Waals surface area contributed by atoms with E-state index in [-0.39, 0.29) is 18.1 Å². The lowest BCUT2D eigenvalue weighted by atomic mass is 10.1. The lowest BCUT2D eigenvalue weighted by Crippen LogP contribution is -2.35. The molecular formula is C19H16BrN3O4S. The molecule has 144 valence electrons. The maximum absolute atomic E-state index is 12.4. The summed E-state index contributed by atoms with van der Waals surface area (Å²) in [6, 6.07) is 9.49. The van der Waals surface area contributed by atoms with E-state index in [0.717, 1.165) is 0 Å². The van der Waals surface area contributed by atoms with E-state index in [2.05, 4.69) is 31.2 Å². The van der Waals surface area contributed by atoms with E-state index in [1.807, 2.05) is 6.07 Å². The molecule has 0 radical (unpaired) electrons. The topological polar surface area (TPSA) is 101 Å². The van der Waals surface area contributed by atoms with Crippen molar-refractivity contribution in [2.45, 2.75) is 12.5 Å². The third-order valence-corrected chi connectivity index (χ3v) is 5.14. The Bertz CT molecular complexity index is 994. The molecule has 0 aliphatic heterocycles. The van der Waals surface area contributed by atoms with Crippen LogP contribution in [0.1, 0.15) is 17.3 Å². The Labute approximate surface area is 173 Å². The first-order valence-electron chi connectivity index (χ1n) is 8.19. The number of hydrogen-bond acceptors (Lipinski definition) is 7. The molecule has 0 fully saturated rings. The molecule has 28 heavy (non-hydrogen) atoms. The molecule has 1 atom stereocenters. The zero-order valence-electron chi connectivity index (χ0n) is 14.8. The molecular weight excluding hydrogens is 446 g/mol. The van der Waals surface area contributed by atoms with Gasteiger partial charge in [-0.3, -0.25) is 4.79 Å². The average Bonchev–Trinajstić information content (AvgIpc) is 3.14. The third kappa shape index (κ3) is 4.73. The monoisotopic (exact) mass is 461 g/mol. The van der Waals surface area contributed by atoms with Crippen molar-refractivity contribution >= 4 is 39.1 Å². The first-order valence-corrected chi connectivity index (χ1v) is 9.86. The smallest absolute Gasteiger partial charge is 0.333 e. The molecule has 7 nitrogen and oxygen atoms in total. The maximum atomic E-state index is 12.4. The van der Waals surface area contributed by atoms with Crippen molar-refractivity contribution in [3.8, 4) is 16.5 Å². The zero-order chi connectivity index (χ0) is 20.1. The van der Waals surface area contributed by atoms with Gasteiger partial charge in [-0.1, -0.05) is 30.3 Å². The van der Waals surface area contributed by atoms with Gasteiger partial charge in [-0.05, 0) is 27.6 Å². The number of aromatic hydroxyl groups is 1. The quantitative estimate of drug-likeness (QED) is 0.546. The molecule has 2 heterocycles. The number of aromatic nitrogens is 2. The van der Waals surface area contributed by atoms with E-state index < -0.39 is 12.0 Å². The molecule has 0 saturated heterocycles. The molecule has 9 heteroatoms. The first kappa shape index (κ1) is 20.0. The van der Waals surface area contributed by atoms with Crippen LogP contribution in [0.15, 0.2) is 52.4 Å². The van der Waals surface area contributed by atoms with Gasteiger partial charge in [0.1, 0.15) is 16.5 Å². The molecule has 0 unspecified atom stereocenters. The molecule has 0 saturated carbocycles. The Kier molecular flexibility index (Phi) is 6.37. The second-order valence-corrected chi connectivity index (χ2v) is 7.55. The van der Waals surface area contributed by atoms with Crippen LogP contribution in [0.4, 0.5) is 0 Å². The number of pyridine rings is 1. The number of ether oxygens (including phenoxy) is 1. The normalized spacial score (nSPS) is 11.6. The van der Waals surface area contributed by atoms with Crippen LogP contribution in [0.2, 0.25) is 0 Å². The number of benzene rings is 1. The molecule has 1 aromatic carbocycles. The van der Waals surface area contributed by atoms with Crippen LogP contribution in [-0.2, 0) is 20.7 Å². The second-order valence-electron chi connectivity index (χ2n) is 5.78. The number of carbonyl (C=O) groups excluding carboxylic acids is 2. The van der Waals surface area contributed by atoms with Gasteiger partial charge in [0.15, 0.2) is 6.04 Å². The summed E-state index contributed by atoms with van der Waals surface area (Å²) in [5, 5.41) is 14.9. The fourth-order valence-electron chi connectivity index (χ4n) is 2.51. The van der Waals surface area contributed by atoms with Crippen LogP contribution in [0.25, 0.3) is 10.7 Å². The number of halogens is 1. The van der Waals surface area contributed by atoms with Gasteiger partial charge in [-0.25, -0.2) is 14.8 Å². The minimum absolute atomic E-state index is 0.00504. The maximum Gasteiger partial charge on any atom is 0.333 e. The predicted octanol–water partition coefficient (Wildman–Crippen LogP) is 3.25. The highest BCUT2D eigenvalue weighted by Gasteiger charge is 2.24. The summed E-state index contributed by atoms with van der Waals surface area (Å²) < 4.78 is 5.45. The lowest BCUT2D eigenvalue weighted by molar-refractivity contribution is -0.145. The summed E-state index contributed by atoms with van der Waals surface area (Å²) in [6.45, 7) is 0. The molecule has 1 amide bonds. The summed E-state index contributed by atoms with van der Waals surface area (Å²) >= 11 is 4.51. The molecule has 2 N–H and O–H groups in total. The summed E-state index contributed by atoms with van der Waals surface area (Å²) in [7, 11) is 1.27. The Morgan fingerprint density at radius 2 is 2.07 bits per heavy atom. The van der Waals surface area contributed by atoms with E-state index in [1.54, 1.807) is 35.8 Å². The van der Waals surface area contributed by atoms with Gasteiger partial charge in [0.25, 0.3) is 0 Å². The number of carbonyl (C=O) groups is 2. The van der Waals surface area contributed by atoms with Crippen LogP contribution in [0.3, 0.4) is 0 Å². The highest BCUT2D eigenvalue weighted by atomic mass is 79.9.